The van der Waals surface area contributed by atoms with Crippen molar-refractivity contribution >= 4 is 21.4 Å². The number of rotatable bonds is 6. The number of hydrogen-bond acceptors (Lipinski definition) is 5. The van der Waals surface area contributed by atoms with Gasteiger partial charge in [-0.3, -0.25) is 14.8 Å². The molecule has 1 N–H and O–H groups in total. The number of para-hydroxylation sites is 1. The molecule has 8 heteroatoms. The van der Waals surface area contributed by atoms with Crippen molar-refractivity contribution in [3.05, 3.63) is 58.6 Å². The van der Waals surface area contributed by atoms with Gasteiger partial charge in [-0.2, -0.15) is 0 Å². The van der Waals surface area contributed by atoms with Gasteiger partial charge in [0.1, 0.15) is 5.75 Å². The van der Waals surface area contributed by atoms with Crippen LogP contribution < -0.4 is 9.46 Å². The van der Waals surface area contributed by atoms with Gasteiger partial charge in [-0.15, -0.1) is 0 Å². The highest BCUT2D eigenvalue weighted by atomic mass is 32.2. The zero-order valence-corrected chi connectivity index (χ0v) is 12.5. The van der Waals surface area contributed by atoms with Crippen LogP contribution in [0.5, 0.6) is 5.75 Å². The summed E-state index contributed by atoms with van der Waals surface area (Å²) in [5, 5.41) is 11.0. The van der Waals surface area contributed by atoms with E-state index in [-0.39, 0.29) is 10.6 Å². The lowest BCUT2D eigenvalue weighted by atomic mass is 10.3. The van der Waals surface area contributed by atoms with Crippen molar-refractivity contribution in [2.45, 2.75) is 11.8 Å². The lowest BCUT2D eigenvalue weighted by Gasteiger charge is -2.10. The van der Waals surface area contributed by atoms with Crippen molar-refractivity contribution in [3.63, 3.8) is 0 Å². The Hall–Kier alpha value is -2.61. The third-order valence-corrected chi connectivity index (χ3v) is 4.18. The van der Waals surface area contributed by atoms with Gasteiger partial charge in [0.25, 0.3) is 15.7 Å². The van der Waals surface area contributed by atoms with E-state index in [2.05, 4.69) is 4.72 Å². The molecule has 2 aromatic rings. The highest BCUT2D eigenvalue weighted by molar-refractivity contribution is 7.92. The highest BCUT2D eigenvalue weighted by Gasteiger charge is 2.25. The summed E-state index contributed by atoms with van der Waals surface area (Å²) in [6.45, 7) is 2.25. The largest absolute Gasteiger partial charge is 0.494 e. The van der Waals surface area contributed by atoms with E-state index in [1.807, 2.05) is 6.92 Å². The molecule has 7 nitrogen and oxygen atoms in total. The first kappa shape index (κ1) is 15.8. The molecule has 0 atom stereocenters. The number of nitro groups is 1. The summed E-state index contributed by atoms with van der Waals surface area (Å²) in [5.74, 6) is 0.505. The lowest BCUT2D eigenvalue weighted by Crippen LogP contribution is -2.14. The van der Waals surface area contributed by atoms with Crippen LogP contribution in [0.4, 0.5) is 11.4 Å². The van der Waals surface area contributed by atoms with Gasteiger partial charge in [0.2, 0.25) is 0 Å². The van der Waals surface area contributed by atoms with E-state index in [0.717, 1.165) is 6.07 Å². The number of anilines is 1. The Morgan fingerprint density at radius 1 is 1.18 bits per heavy atom. The molecule has 0 aliphatic heterocycles. The van der Waals surface area contributed by atoms with Gasteiger partial charge in [0.05, 0.1) is 17.2 Å². The number of nitro benzene ring substituents is 1. The molecule has 2 aromatic carbocycles. The lowest BCUT2D eigenvalue weighted by molar-refractivity contribution is -0.387. The van der Waals surface area contributed by atoms with Crippen molar-refractivity contribution < 1.29 is 18.1 Å². The molecular weight excluding hydrogens is 308 g/mol. The molecule has 0 fully saturated rings. The molecule has 0 aromatic heterocycles. The second-order valence-electron chi connectivity index (χ2n) is 4.29. The minimum Gasteiger partial charge on any atom is -0.494 e. The number of hydrogen-bond donors (Lipinski definition) is 1. The summed E-state index contributed by atoms with van der Waals surface area (Å²) in [6, 6.07) is 11.5. The Balaban J connectivity index is 2.36. The minimum absolute atomic E-state index is 0.268. The number of nitrogens with one attached hydrogen (secondary N) is 1. The molecule has 0 heterocycles. The molecule has 0 amide bonds. The van der Waals surface area contributed by atoms with E-state index in [0.29, 0.717) is 12.4 Å². The fraction of sp³-hybridized carbons (Fsp3) is 0.143. The van der Waals surface area contributed by atoms with Crippen LogP contribution in [0.15, 0.2) is 53.4 Å². The summed E-state index contributed by atoms with van der Waals surface area (Å²) in [5.41, 5.74) is -0.208. The first-order valence-corrected chi connectivity index (χ1v) is 7.91. The standard InChI is InChI=1S/C14H14N2O5S/c1-2-21-12-7-5-6-11(10-12)15-22(19,20)14-9-4-3-8-13(14)16(17)18/h3-10,15H,2H2,1H3. The fourth-order valence-corrected chi connectivity index (χ4v) is 3.08. The van der Waals surface area contributed by atoms with Crippen LogP contribution in [0.1, 0.15) is 6.92 Å². The van der Waals surface area contributed by atoms with Crippen molar-refractivity contribution in [2.24, 2.45) is 0 Å². The van der Waals surface area contributed by atoms with E-state index in [9.17, 15) is 18.5 Å². The fourth-order valence-electron chi connectivity index (χ4n) is 1.86. The molecule has 0 saturated heterocycles. The van der Waals surface area contributed by atoms with Gasteiger partial charge in [-0.1, -0.05) is 18.2 Å². The van der Waals surface area contributed by atoms with Crippen LogP contribution in [0.3, 0.4) is 0 Å². The van der Waals surface area contributed by atoms with E-state index >= 15 is 0 Å². The molecule has 2 rings (SSSR count). The summed E-state index contributed by atoms with van der Waals surface area (Å²) in [4.78, 5) is 9.84. The van der Waals surface area contributed by atoms with Crippen LogP contribution >= 0.6 is 0 Å². The molecular formula is C14H14N2O5S. The monoisotopic (exact) mass is 322 g/mol. The van der Waals surface area contributed by atoms with Gasteiger partial charge >= 0.3 is 0 Å². The van der Waals surface area contributed by atoms with Crippen molar-refractivity contribution in [1.29, 1.82) is 0 Å². The first-order chi connectivity index (χ1) is 10.4. The molecule has 0 aliphatic carbocycles. The smallest absolute Gasteiger partial charge is 0.289 e. The van der Waals surface area contributed by atoms with Crippen LogP contribution in [0, 0.1) is 10.1 Å². The SMILES string of the molecule is CCOc1cccc(NS(=O)(=O)c2ccccc2[N+](=O)[O-])c1. The van der Waals surface area contributed by atoms with Crippen LogP contribution in [0.2, 0.25) is 0 Å². The van der Waals surface area contributed by atoms with Crippen molar-refractivity contribution in [3.8, 4) is 5.75 Å². The van der Waals surface area contributed by atoms with Crippen molar-refractivity contribution in [2.75, 3.05) is 11.3 Å². The Morgan fingerprint density at radius 2 is 1.91 bits per heavy atom. The van der Waals surface area contributed by atoms with E-state index in [1.54, 1.807) is 12.1 Å². The average Bonchev–Trinajstić information content (AvgIpc) is 2.47. The Kier molecular flexibility index (Phi) is 4.62. The summed E-state index contributed by atoms with van der Waals surface area (Å²) >= 11 is 0. The van der Waals surface area contributed by atoms with Gasteiger partial charge in [-0.05, 0) is 25.1 Å². The molecule has 0 unspecified atom stereocenters. The zero-order chi connectivity index (χ0) is 16.2. The third-order valence-electron chi connectivity index (χ3n) is 2.75. The molecule has 116 valence electrons. The summed E-state index contributed by atoms with van der Waals surface area (Å²) < 4.78 is 32.3. The van der Waals surface area contributed by atoms with Crippen LogP contribution in [-0.4, -0.2) is 19.9 Å². The second-order valence-corrected chi connectivity index (χ2v) is 5.94. The molecule has 0 radical (unpaired) electrons. The summed E-state index contributed by atoms with van der Waals surface area (Å²) in [6.07, 6.45) is 0. The number of ether oxygens (including phenoxy) is 1. The normalized spacial score (nSPS) is 11.0. The van der Waals surface area contributed by atoms with Crippen LogP contribution in [0.25, 0.3) is 0 Å². The van der Waals surface area contributed by atoms with Crippen LogP contribution in [-0.2, 0) is 10.0 Å². The predicted octanol–water partition coefficient (Wildman–Crippen LogP) is 2.79. The third kappa shape index (κ3) is 3.53. The number of benzene rings is 2. The minimum atomic E-state index is -4.07. The Bertz CT molecular complexity index is 789. The first-order valence-electron chi connectivity index (χ1n) is 6.43. The Labute approximate surface area is 127 Å². The molecule has 0 bridgehead atoms. The second kappa shape index (κ2) is 6.44. The van der Waals surface area contributed by atoms with E-state index in [4.69, 9.17) is 4.74 Å². The van der Waals surface area contributed by atoms with Gasteiger partial charge < -0.3 is 4.74 Å². The molecule has 0 saturated carbocycles. The molecule has 0 spiro atoms. The topological polar surface area (TPSA) is 98.5 Å². The predicted molar refractivity (Wildman–Crippen MR) is 81.5 cm³/mol. The highest BCUT2D eigenvalue weighted by Crippen LogP contribution is 2.26. The maximum atomic E-state index is 12.3. The van der Waals surface area contributed by atoms with E-state index < -0.39 is 20.6 Å². The molecule has 0 aliphatic rings. The maximum Gasteiger partial charge on any atom is 0.289 e. The maximum absolute atomic E-state index is 12.3. The van der Waals surface area contributed by atoms with Crippen molar-refractivity contribution in [1.82, 2.24) is 0 Å². The van der Waals surface area contributed by atoms with Gasteiger partial charge in [-0.25, -0.2) is 8.42 Å². The Morgan fingerprint density at radius 3 is 2.59 bits per heavy atom. The summed E-state index contributed by atoms with van der Waals surface area (Å²) in [7, 11) is -4.07. The number of sulfonamides is 1. The van der Waals surface area contributed by atoms with E-state index in [1.165, 1.54) is 30.3 Å². The zero-order valence-electron chi connectivity index (χ0n) is 11.7. The van der Waals surface area contributed by atoms with Gasteiger partial charge in [0, 0.05) is 12.1 Å². The quantitative estimate of drug-likeness (QED) is 0.651. The average molecular weight is 322 g/mol. The van der Waals surface area contributed by atoms with Gasteiger partial charge in [0.15, 0.2) is 4.90 Å². The molecule has 22 heavy (non-hydrogen) atoms. The number of nitrogens with zero attached hydrogens (tertiary/aromatic N) is 1.